The number of primary amides is 1. The molecule has 1 aliphatic heterocycles. The molecule has 3 heterocycles. The maximum Gasteiger partial charge on any atom is 0.254 e. The summed E-state index contributed by atoms with van der Waals surface area (Å²) in [5.74, 6) is 1.03. The highest BCUT2D eigenvalue weighted by molar-refractivity contribution is 6.03. The molecule has 2 fully saturated rings. The van der Waals surface area contributed by atoms with Crippen molar-refractivity contribution >= 4 is 11.7 Å². The van der Waals surface area contributed by atoms with Crippen molar-refractivity contribution in [3.63, 3.8) is 0 Å². The van der Waals surface area contributed by atoms with E-state index < -0.39 is 5.91 Å². The number of nitrogens with zero attached hydrogens (tertiary/aromatic N) is 4. The second-order valence-electron chi connectivity index (χ2n) is 8.45. The molecule has 8 heteroatoms. The molecule has 0 bridgehead atoms. The van der Waals surface area contributed by atoms with Gasteiger partial charge in [-0.15, -0.1) is 0 Å². The zero-order chi connectivity index (χ0) is 20.9. The molecule has 1 spiro atoms. The number of ether oxygens (including phenoxy) is 1. The number of anilines is 1. The van der Waals surface area contributed by atoms with Crippen molar-refractivity contribution in [2.24, 2.45) is 11.1 Å². The van der Waals surface area contributed by atoms with Gasteiger partial charge in [0.1, 0.15) is 28.6 Å². The fourth-order valence-corrected chi connectivity index (χ4v) is 4.82. The molecular formula is C22H24N6O2. The largest absolute Gasteiger partial charge is 0.456 e. The fourth-order valence-electron chi connectivity index (χ4n) is 4.82. The van der Waals surface area contributed by atoms with Crippen LogP contribution in [0.3, 0.4) is 0 Å². The third kappa shape index (κ3) is 3.09. The number of aromatic nitrogens is 3. The number of rotatable bonds is 5. The number of benzene rings is 1. The summed E-state index contributed by atoms with van der Waals surface area (Å²) in [6, 6.07) is 13.2. The van der Waals surface area contributed by atoms with E-state index in [1.54, 1.807) is 23.0 Å². The van der Waals surface area contributed by atoms with E-state index in [2.05, 4.69) is 22.0 Å². The van der Waals surface area contributed by atoms with E-state index in [1.165, 1.54) is 0 Å². The van der Waals surface area contributed by atoms with E-state index in [-0.39, 0.29) is 11.6 Å². The lowest BCUT2D eigenvalue weighted by atomic mass is 9.61. The van der Waals surface area contributed by atoms with Crippen LogP contribution in [0.2, 0.25) is 0 Å². The molecule has 8 nitrogen and oxygen atoms in total. The summed E-state index contributed by atoms with van der Waals surface area (Å²) in [5.41, 5.74) is 13.5. The lowest BCUT2D eigenvalue weighted by Crippen LogP contribution is -2.60. The van der Waals surface area contributed by atoms with Crippen LogP contribution in [-0.2, 0) is 0 Å². The van der Waals surface area contributed by atoms with E-state index in [1.807, 2.05) is 30.3 Å². The van der Waals surface area contributed by atoms with Crippen LogP contribution >= 0.6 is 0 Å². The Bertz CT molecular complexity index is 1080. The van der Waals surface area contributed by atoms with E-state index >= 15 is 0 Å². The SMILES string of the molecule is CN1CC2(CC(n3nc(-c4ccc(Oc5ccccc5)cn4)c(C(N)=O)c3N)C2)C1. The Morgan fingerprint density at radius 3 is 2.47 bits per heavy atom. The summed E-state index contributed by atoms with van der Waals surface area (Å²) in [7, 11) is 2.13. The van der Waals surface area contributed by atoms with Gasteiger partial charge in [0.05, 0.1) is 17.9 Å². The van der Waals surface area contributed by atoms with Crippen molar-refractivity contribution in [2.75, 3.05) is 25.9 Å². The monoisotopic (exact) mass is 404 g/mol. The lowest BCUT2D eigenvalue weighted by molar-refractivity contribution is -0.0780. The van der Waals surface area contributed by atoms with E-state index in [0.717, 1.165) is 31.7 Å². The van der Waals surface area contributed by atoms with Crippen LogP contribution < -0.4 is 16.2 Å². The number of nitrogen functional groups attached to an aromatic ring is 1. The molecule has 154 valence electrons. The van der Waals surface area contributed by atoms with Gasteiger partial charge in [0.15, 0.2) is 0 Å². The predicted molar refractivity (Wildman–Crippen MR) is 113 cm³/mol. The van der Waals surface area contributed by atoms with Crippen LogP contribution in [0.25, 0.3) is 11.4 Å². The number of carbonyl (C=O) groups is 1. The summed E-state index contributed by atoms with van der Waals surface area (Å²) in [5, 5.41) is 4.65. The molecular weight excluding hydrogens is 380 g/mol. The fraction of sp³-hybridized carbons (Fsp3) is 0.318. The molecule has 1 aliphatic carbocycles. The number of carbonyl (C=O) groups excluding carboxylic acids is 1. The van der Waals surface area contributed by atoms with Gasteiger partial charge in [0.25, 0.3) is 5.91 Å². The van der Waals surface area contributed by atoms with Gasteiger partial charge in [-0.05, 0) is 49.6 Å². The topological polar surface area (TPSA) is 112 Å². The third-order valence-corrected chi connectivity index (χ3v) is 6.05. The van der Waals surface area contributed by atoms with Crippen molar-refractivity contribution in [2.45, 2.75) is 18.9 Å². The molecule has 2 aliphatic rings. The van der Waals surface area contributed by atoms with Gasteiger partial charge in [-0.2, -0.15) is 5.10 Å². The molecule has 0 unspecified atom stereocenters. The highest BCUT2D eigenvalue weighted by Gasteiger charge is 2.52. The van der Waals surface area contributed by atoms with Gasteiger partial charge < -0.3 is 21.1 Å². The average Bonchev–Trinajstić information content (AvgIpc) is 3.02. The Morgan fingerprint density at radius 2 is 1.87 bits per heavy atom. The number of hydrogen-bond acceptors (Lipinski definition) is 6. The zero-order valence-electron chi connectivity index (χ0n) is 16.8. The van der Waals surface area contributed by atoms with Crippen LogP contribution in [0.4, 0.5) is 5.82 Å². The van der Waals surface area contributed by atoms with Gasteiger partial charge in [0.2, 0.25) is 0 Å². The molecule has 1 aromatic carbocycles. The van der Waals surface area contributed by atoms with Gasteiger partial charge in [-0.1, -0.05) is 18.2 Å². The van der Waals surface area contributed by atoms with Gasteiger partial charge in [-0.3, -0.25) is 9.78 Å². The molecule has 0 radical (unpaired) electrons. The first-order valence-corrected chi connectivity index (χ1v) is 10.00. The highest BCUT2D eigenvalue weighted by atomic mass is 16.5. The maximum atomic E-state index is 12.1. The smallest absolute Gasteiger partial charge is 0.254 e. The third-order valence-electron chi connectivity index (χ3n) is 6.05. The molecule has 1 amide bonds. The first-order valence-electron chi connectivity index (χ1n) is 10.00. The number of hydrogen-bond donors (Lipinski definition) is 2. The Kier molecular flexibility index (Phi) is 4.25. The second-order valence-corrected chi connectivity index (χ2v) is 8.45. The number of pyridine rings is 1. The normalized spacial score (nSPS) is 18.0. The summed E-state index contributed by atoms with van der Waals surface area (Å²) in [6.07, 6.45) is 3.63. The Balaban J connectivity index is 1.40. The molecule has 1 saturated carbocycles. The van der Waals surface area contributed by atoms with E-state index in [9.17, 15) is 4.79 Å². The number of nitrogens with two attached hydrogens (primary N) is 2. The lowest BCUT2D eigenvalue weighted by Gasteiger charge is -2.58. The van der Waals surface area contributed by atoms with Gasteiger partial charge in [0, 0.05) is 13.1 Å². The van der Waals surface area contributed by atoms with Crippen LogP contribution in [0.15, 0.2) is 48.7 Å². The number of likely N-dealkylation sites (tertiary alicyclic amines) is 1. The minimum Gasteiger partial charge on any atom is -0.456 e. The van der Waals surface area contributed by atoms with E-state index in [0.29, 0.717) is 28.4 Å². The standard InChI is InChI=1S/C22H24N6O2/c1-27-12-22(13-27)9-14(10-22)28-20(23)18(21(24)29)19(26-28)17-8-7-16(11-25-17)30-15-5-3-2-4-6-15/h2-8,11,14H,9-10,12-13,23H2,1H3,(H2,24,29). The molecule has 2 aromatic heterocycles. The molecule has 3 aromatic rings. The zero-order valence-corrected chi connectivity index (χ0v) is 16.8. The Hall–Kier alpha value is -3.39. The van der Waals surface area contributed by atoms with Crippen LogP contribution in [0.5, 0.6) is 11.5 Å². The minimum absolute atomic E-state index is 0.186. The average molecular weight is 404 g/mol. The van der Waals surface area contributed by atoms with Crippen molar-refractivity contribution in [1.29, 1.82) is 0 Å². The van der Waals surface area contributed by atoms with Crippen molar-refractivity contribution in [3.05, 3.63) is 54.2 Å². The van der Waals surface area contributed by atoms with Crippen LogP contribution in [0.1, 0.15) is 29.2 Å². The number of para-hydroxylation sites is 1. The quantitative estimate of drug-likeness (QED) is 0.676. The van der Waals surface area contributed by atoms with Crippen LogP contribution in [0, 0.1) is 5.41 Å². The van der Waals surface area contributed by atoms with E-state index in [4.69, 9.17) is 16.2 Å². The van der Waals surface area contributed by atoms with Gasteiger partial charge >= 0.3 is 0 Å². The molecule has 0 atom stereocenters. The molecule has 5 rings (SSSR count). The molecule has 1 saturated heterocycles. The molecule has 30 heavy (non-hydrogen) atoms. The maximum absolute atomic E-state index is 12.1. The first kappa shape index (κ1) is 18.6. The van der Waals surface area contributed by atoms with Crippen molar-refractivity contribution in [1.82, 2.24) is 19.7 Å². The summed E-state index contributed by atoms with van der Waals surface area (Å²) in [4.78, 5) is 18.9. The van der Waals surface area contributed by atoms with Crippen molar-refractivity contribution in [3.8, 4) is 22.9 Å². The van der Waals surface area contributed by atoms with Gasteiger partial charge in [-0.25, -0.2) is 4.68 Å². The summed E-state index contributed by atoms with van der Waals surface area (Å²) >= 11 is 0. The highest BCUT2D eigenvalue weighted by Crippen LogP contribution is 2.54. The first-order chi connectivity index (χ1) is 14.4. The summed E-state index contributed by atoms with van der Waals surface area (Å²) in [6.45, 7) is 2.20. The Labute approximate surface area is 174 Å². The Morgan fingerprint density at radius 1 is 1.13 bits per heavy atom. The summed E-state index contributed by atoms with van der Waals surface area (Å²) < 4.78 is 7.54. The minimum atomic E-state index is -0.599. The van der Waals surface area contributed by atoms with Crippen LogP contribution in [-0.4, -0.2) is 45.7 Å². The predicted octanol–water partition coefficient (Wildman–Crippen LogP) is 2.69. The second kappa shape index (κ2) is 6.84. The number of amides is 1. The molecule has 4 N–H and O–H groups in total. The van der Waals surface area contributed by atoms with Crippen molar-refractivity contribution < 1.29 is 9.53 Å².